The predicted octanol–water partition coefficient (Wildman–Crippen LogP) is 4.15. The van der Waals surface area contributed by atoms with Crippen LogP contribution in [0, 0.1) is 0 Å². The molecule has 5 heteroatoms. The highest BCUT2D eigenvalue weighted by atomic mass is 35.5. The first-order valence-corrected chi connectivity index (χ1v) is 4.97. The highest BCUT2D eigenvalue weighted by Gasteiger charge is 2.21. The van der Waals surface area contributed by atoms with Crippen molar-refractivity contribution in [3.8, 4) is 0 Å². The minimum Gasteiger partial charge on any atom is -0.298 e. The first kappa shape index (κ1) is 12.4. The lowest BCUT2D eigenvalue weighted by atomic mass is 10.0. The number of rotatable bonds is 3. The van der Waals surface area contributed by atoms with E-state index < -0.39 is 11.8 Å². The van der Waals surface area contributed by atoms with E-state index in [0.717, 1.165) is 0 Å². The molecule has 0 aromatic heterocycles. The van der Waals surface area contributed by atoms with Crippen LogP contribution in [0.5, 0.6) is 0 Å². The van der Waals surface area contributed by atoms with Crippen molar-refractivity contribution in [2.45, 2.75) is 18.7 Å². The molecule has 1 aromatic carbocycles. The summed E-state index contributed by atoms with van der Waals surface area (Å²) < 4.78 is 25.1. The Bertz CT molecular complexity index is 380. The van der Waals surface area contributed by atoms with E-state index in [0.29, 0.717) is 0 Å². The number of ketones is 1. The molecule has 0 aliphatic rings. The lowest BCUT2D eigenvalue weighted by molar-refractivity contribution is -0.116. The molecule has 0 spiro atoms. The van der Waals surface area contributed by atoms with Gasteiger partial charge in [0.25, 0.3) is 6.43 Å². The number of hydrogen-bond acceptors (Lipinski definition) is 1. The lowest BCUT2D eigenvalue weighted by Gasteiger charge is -2.12. The fourth-order valence-corrected chi connectivity index (χ4v) is 1.55. The molecule has 0 fully saturated rings. The third-order valence-corrected chi connectivity index (χ3v) is 2.69. The maximum absolute atomic E-state index is 12.6. The standard InChI is InChI=1S/C10H8Cl2F2O/c1-5(15)9(12)8-4-6(11)2-3-7(8)10(13)14/h2-4,9-10H,1H3. The SMILES string of the molecule is CC(=O)C(Cl)c1cc(Cl)ccc1C(F)F. The molecular weight excluding hydrogens is 245 g/mol. The van der Waals surface area contributed by atoms with Crippen molar-refractivity contribution in [3.05, 3.63) is 34.3 Å². The summed E-state index contributed by atoms with van der Waals surface area (Å²) in [5.41, 5.74) is -0.179. The Kier molecular flexibility index (Phi) is 4.05. The molecule has 1 unspecified atom stereocenters. The van der Waals surface area contributed by atoms with E-state index in [1.807, 2.05) is 0 Å². The van der Waals surface area contributed by atoms with Crippen LogP contribution in [0.15, 0.2) is 18.2 Å². The first-order valence-electron chi connectivity index (χ1n) is 4.15. The van der Waals surface area contributed by atoms with E-state index in [-0.39, 0.29) is 21.9 Å². The Hall–Kier alpha value is -0.670. The molecule has 0 radical (unpaired) electrons. The van der Waals surface area contributed by atoms with Gasteiger partial charge in [-0.05, 0) is 24.6 Å². The summed E-state index contributed by atoms with van der Waals surface area (Å²) in [7, 11) is 0. The van der Waals surface area contributed by atoms with Gasteiger partial charge in [-0.3, -0.25) is 4.79 Å². The van der Waals surface area contributed by atoms with E-state index >= 15 is 0 Å². The van der Waals surface area contributed by atoms with Crippen LogP contribution in [-0.2, 0) is 4.79 Å². The highest BCUT2D eigenvalue weighted by Crippen LogP contribution is 2.33. The van der Waals surface area contributed by atoms with E-state index in [2.05, 4.69) is 0 Å². The van der Waals surface area contributed by atoms with Crippen LogP contribution in [0.25, 0.3) is 0 Å². The Morgan fingerprint density at radius 1 is 1.33 bits per heavy atom. The van der Waals surface area contributed by atoms with Crippen LogP contribution < -0.4 is 0 Å². The minimum atomic E-state index is -2.67. The Labute approximate surface area is 96.0 Å². The molecule has 0 N–H and O–H groups in total. The number of carbonyl (C=O) groups is 1. The summed E-state index contributed by atoms with van der Waals surface area (Å²) in [6, 6.07) is 3.82. The molecule has 0 bridgehead atoms. The molecule has 15 heavy (non-hydrogen) atoms. The number of Topliss-reactive ketones (excluding diaryl/α,β-unsaturated/α-hetero) is 1. The summed E-state index contributed by atoms with van der Waals surface area (Å²) in [6.45, 7) is 1.24. The van der Waals surface area contributed by atoms with E-state index in [9.17, 15) is 13.6 Å². The molecule has 1 rings (SSSR count). The van der Waals surface area contributed by atoms with Crippen molar-refractivity contribution in [3.63, 3.8) is 0 Å². The van der Waals surface area contributed by atoms with Gasteiger partial charge >= 0.3 is 0 Å². The summed E-state index contributed by atoms with van der Waals surface area (Å²) in [6.07, 6.45) is -2.67. The first-order chi connectivity index (χ1) is 6.93. The van der Waals surface area contributed by atoms with Crippen molar-refractivity contribution in [2.75, 3.05) is 0 Å². The molecule has 82 valence electrons. The van der Waals surface area contributed by atoms with Gasteiger partial charge in [-0.15, -0.1) is 11.6 Å². The largest absolute Gasteiger partial charge is 0.298 e. The summed E-state index contributed by atoms with van der Waals surface area (Å²) in [5, 5.41) is -0.797. The van der Waals surface area contributed by atoms with Gasteiger partial charge in [0.05, 0.1) is 0 Å². The number of carbonyl (C=O) groups excluding carboxylic acids is 1. The molecule has 0 heterocycles. The molecule has 0 saturated heterocycles. The molecule has 1 nitrogen and oxygen atoms in total. The molecule has 0 amide bonds. The zero-order valence-corrected chi connectivity index (χ0v) is 9.32. The Morgan fingerprint density at radius 3 is 2.40 bits per heavy atom. The fraction of sp³-hybridized carbons (Fsp3) is 0.300. The highest BCUT2D eigenvalue weighted by molar-refractivity contribution is 6.32. The second-order valence-corrected chi connectivity index (χ2v) is 3.92. The number of halogens is 4. The maximum Gasteiger partial charge on any atom is 0.264 e. The quantitative estimate of drug-likeness (QED) is 0.739. The number of benzene rings is 1. The molecule has 1 atom stereocenters. The van der Waals surface area contributed by atoms with Gasteiger partial charge in [0.2, 0.25) is 0 Å². The van der Waals surface area contributed by atoms with E-state index in [1.54, 1.807) is 0 Å². The van der Waals surface area contributed by atoms with Crippen LogP contribution in [-0.4, -0.2) is 5.78 Å². The lowest BCUT2D eigenvalue weighted by Crippen LogP contribution is -2.05. The maximum atomic E-state index is 12.6. The van der Waals surface area contributed by atoms with Crippen molar-refractivity contribution in [2.24, 2.45) is 0 Å². The number of hydrogen-bond donors (Lipinski definition) is 0. The summed E-state index contributed by atoms with van der Waals surface area (Å²) in [4.78, 5) is 11.0. The van der Waals surface area contributed by atoms with Gasteiger partial charge in [-0.25, -0.2) is 8.78 Å². The smallest absolute Gasteiger partial charge is 0.264 e. The van der Waals surface area contributed by atoms with Crippen LogP contribution in [0.4, 0.5) is 8.78 Å². The van der Waals surface area contributed by atoms with Crippen LogP contribution in [0.1, 0.15) is 29.9 Å². The fourth-order valence-electron chi connectivity index (χ4n) is 1.18. The monoisotopic (exact) mass is 252 g/mol. The molecule has 0 aliphatic carbocycles. The third kappa shape index (κ3) is 2.89. The van der Waals surface area contributed by atoms with E-state index in [1.165, 1.54) is 25.1 Å². The van der Waals surface area contributed by atoms with Gasteiger partial charge in [0, 0.05) is 10.6 Å². The summed E-state index contributed by atoms with van der Waals surface area (Å²) >= 11 is 11.4. The zero-order valence-electron chi connectivity index (χ0n) is 7.81. The second kappa shape index (κ2) is 4.90. The van der Waals surface area contributed by atoms with Crippen molar-refractivity contribution in [1.82, 2.24) is 0 Å². The van der Waals surface area contributed by atoms with Gasteiger partial charge in [-0.1, -0.05) is 17.7 Å². The van der Waals surface area contributed by atoms with Crippen LogP contribution in [0.3, 0.4) is 0 Å². The second-order valence-electron chi connectivity index (χ2n) is 3.05. The van der Waals surface area contributed by atoms with E-state index in [4.69, 9.17) is 23.2 Å². The van der Waals surface area contributed by atoms with Crippen molar-refractivity contribution in [1.29, 1.82) is 0 Å². The molecule has 0 saturated carbocycles. The van der Waals surface area contributed by atoms with Gasteiger partial charge < -0.3 is 0 Å². The van der Waals surface area contributed by atoms with Gasteiger partial charge in [0.15, 0.2) is 5.78 Å². The van der Waals surface area contributed by atoms with Crippen LogP contribution >= 0.6 is 23.2 Å². The Balaban J connectivity index is 3.24. The predicted molar refractivity (Wildman–Crippen MR) is 55.7 cm³/mol. The third-order valence-electron chi connectivity index (χ3n) is 1.91. The average Bonchev–Trinajstić information content (AvgIpc) is 2.15. The minimum absolute atomic E-state index is 0.0756. The number of alkyl halides is 3. The van der Waals surface area contributed by atoms with Crippen molar-refractivity contribution < 1.29 is 13.6 Å². The molecular formula is C10H8Cl2F2O. The average molecular weight is 253 g/mol. The van der Waals surface area contributed by atoms with Crippen LogP contribution in [0.2, 0.25) is 5.02 Å². The van der Waals surface area contributed by atoms with Gasteiger partial charge in [0.1, 0.15) is 5.38 Å². The summed E-state index contributed by atoms with van der Waals surface area (Å²) in [5.74, 6) is -0.388. The molecule has 1 aromatic rings. The Morgan fingerprint density at radius 2 is 1.93 bits per heavy atom. The topological polar surface area (TPSA) is 17.1 Å². The normalized spacial score (nSPS) is 12.9. The molecule has 0 aliphatic heterocycles. The van der Waals surface area contributed by atoms with Crippen molar-refractivity contribution >= 4 is 29.0 Å². The van der Waals surface area contributed by atoms with Gasteiger partial charge in [-0.2, -0.15) is 0 Å². The zero-order chi connectivity index (χ0) is 11.6.